The third-order valence-corrected chi connectivity index (χ3v) is 34.6. The number of phenolic OH excluding ortho intramolecular Hbond substituents is 3. The van der Waals surface area contributed by atoms with E-state index in [0.717, 1.165) is 190 Å². The zero-order chi connectivity index (χ0) is 102. The molecule has 5 saturated carbocycles. The molecule has 5 fully saturated rings. The number of phenols is 4. The Morgan fingerprint density at radius 3 is 1.22 bits per heavy atom. The Balaban J connectivity index is 0.000000134. The van der Waals surface area contributed by atoms with E-state index < -0.39 is 29.0 Å². The number of carbonyl (C=O) groups is 6. The van der Waals surface area contributed by atoms with Crippen LogP contribution in [0.25, 0.3) is 11.0 Å². The largest absolute Gasteiger partial charge is 0.508 e. The molecule has 764 valence electrons. The van der Waals surface area contributed by atoms with Gasteiger partial charge in [0, 0.05) is 82.9 Å². The van der Waals surface area contributed by atoms with Crippen LogP contribution in [0.2, 0.25) is 0 Å². The summed E-state index contributed by atoms with van der Waals surface area (Å²) in [7, 11) is 0. The van der Waals surface area contributed by atoms with Crippen molar-refractivity contribution in [2.45, 2.75) is 441 Å². The number of carboxylic acids is 1. The Kier molecular flexibility index (Phi) is 31.6. The second-order valence-electron chi connectivity index (χ2n) is 47.7. The molecule has 19 rings (SSSR count). The number of aryl methyl sites for hydroxylation is 6. The minimum atomic E-state index is -1.04. The van der Waals surface area contributed by atoms with Crippen molar-refractivity contribution in [3.63, 3.8) is 0 Å². The van der Waals surface area contributed by atoms with Crippen LogP contribution in [0.15, 0.2) is 77.4 Å². The minimum absolute atomic E-state index is 0.00711. The second kappa shape index (κ2) is 41.7. The molecule has 19 heteroatoms. The number of aromatic carboxylic acids is 1. The molecule has 8 heterocycles. The van der Waals surface area contributed by atoms with Gasteiger partial charge in [0.1, 0.15) is 142 Å². The maximum Gasteiger partial charge on any atom is 0.339 e. The van der Waals surface area contributed by atoms with E-state index in [0.29, 0.717) is 96.8 Å². The number of hydrogen-bond donors (Lipinski definition) is 5. The average molecular weight is 1920 g/mol. The quantitative estimate of drug-likeness (QED) is 0.0262. The zero-order valence-electron chi connectivity index (χ0n) is 89.1. The summed E-state index contributed by atoms with van der Waals surface area (Å²) in [4.78, 5) is 71.5. The van der Waals surface area contributed by atoms with Gasteiger partial charge in [-0.2, -0.15) is 0 Å². The number of unbranched alkanes of at least 4 members (excludes halogenated alkanes) is 8. The Morgan fingerprint density at radius 1 is 0.379 bits per heavy atom. The first kappa shape index (κ1) is 106. The summed E-state index contributed by atoms with van der Waals surface area (Å²) in [5.41, 5.74) is 10.8. The number of ether oxygens (including phenoxy) is 7. The van der Waals surface area contributed by atoms with Crippen molar-refractivity contribution < 1.29 is 91.9 Å². The summed E-state index contributed by atoms with van der Waals surface area (Å²) >= 11 is 0. The third-order valence-electron chi connectivity index (χ3n) is 34.6. The number of aromatic hydroxyl groups is 4. The van der Waals surface area contributed by atoms with Crippen molar-refractivity contribution in [1.82, 2.24) is 0 Å². The number of carbonyl (C=O) groups excluding carboxylic acids is 5. The lowest BCUT2D eigenvalue weighted by atomic mass is 9.45. The number of ketones is 5. The maximum absolute atomic E-state index is 12.9. The predicted molar refractivity (Wildman–Crippen MR) is 553 cm³/mol. The molecule has 7 aliphatic heterocycles. The van der Waals surface area contributed by atoms with Gasteiger partial charge in [-0.25, -0.2) is 4.79 Å². The molecule has 14 atom stereocenters. The van der Waals surface area contributed by atoms with Gasteiger partial charge in [0.15, 0.2) is 11.6 Å². The Labute approximate surface area is 834 Å². The number of hydrogen-bond acceptors (Lipinski definition) is 18. The van der Waals surface area contributed by atoms with Crippen LogP contribution in [-0.2, 0) is 52.9 Å². The third kappa shape index (κ3) is 21.1. The topological polar surface area (TPSA) is 281 Å². The lowest BCUT2D eigenvalue weighted by Crippen LogP contribution is -2.59. The van der Waals surface area contributed by atoms with Crippen molar-refractivity contribution in [3.05, 3.63) is 145 Å². The van der Waals surface area contributed by atoms with Gasteiger partial charge in [0.25, 0.3) is 0 Å². The molecule has 0 radical (unpaired) electrons. The predicted octanol–water partition coefficient (Wildman–Crippen LogP) is 29.3. The van der Waals surface area contributed by atoms with Crippen LogP contribution < -0.4 is 33.2 Å². The van der Waals surface area contributed by atoms with Crippen LogP contribution in [0.3, 0.4) is 0 Å². The maximum atomic E-state index is 12.9. The number of carboxylic acid groups (broad SMARTS) is 1. The molecule has 19 nitrogen and oxygen atoms in total. The standard InChI is InChI=1S/C22H30O4.C21H28O3.C21H30O2.C20H28O4.C19H26O2.C18H24O4/c1-5-6-7-8-12-11-14-16(19(23)15(12)20(24)25)18-17-13(21(18,2)3)9-10-22(17,4)26-14;1-5-6-7-8-15-11-18-20-16(13-23-18)17(10-9-14(2)22)21(3,4)24-19(20)12-15;1-5-6-7-8-14-11-17-19-15-13-21(4,23-18(19)12-14)10-9-16(15)20(2,3)22-17;1-5-6-7-8-14-11-16(22)18-17(12-14)24-20(3,4)15(19(18)23)10-9-13(2)21;1-5-6-11-9-13(20)15-14(10-11)21-19(4)8-7-12-16(19)17(15)18(12,2)3;1-5-6-12-9-14(20)16-15(10-12)22-18(3,4)13(17(16)21)8-7-11(2)19/h11,13,17-18,23H,5-10H2,1-4H3,(H,24,25);11-13,17H,5-10H2,1-4H3;11-12,15-16H,5-10,13H2,1-4H3;11-12,15,22H,5-10H2,1-4H3;9-10,12,16-17,20H,5-8H2,1-4H3;9-10,13,20H,5-8H2,1-4H3/t13-,17+,18+,22+;;;;12-,16+,17+,19+;/m0...0./s1. The summed E-state index contributed by atoms with van der Waals surface area (Å²) in [6, 6.07) is 22.1. The molecular formula is C121H166O19. The molecule has 5 aliphatic carbocycles. The molecule has 0 amide bonds. The Hall–Kier alpha value is -9.52. The molecule has 12 aliphatic rings. The van der Waals surface area contributed by atoms with Gasteiger partial charge in [0.2, 0.25) is 0 Å². The molecule has 7 aromatic rings. The highest BCUT2D eigenvalue weighted by molar-refractivity contribution is 6.06. The van der Waals surface area contributed by atoms with Crippen molar-refractivity contribution in [1.29, 1.82) is 0 Å². The molecule has 6 aromatic carbocycles. The molecule has 2 bridgehead atoms. The van der Waals surface area contributed by atoms with Crippen LogP contribution in [0.1, 0.15) is 450 Å². The summed E-state index contributed by atoms with van der Waals surface area (Å²) in [6.45, 7) is 50.0. The summed E-state index contributed by atoms with van der Waals surface area (Å²) < 4.78 is 50.2. The van der Waals surface area contributed by atoms with E-state index in [4.69, 9.17) is 37.6 Å². The van der Waals surface area contributed by atoms with Crippen molar-refractivity contribution in [3.8, 4) is 63.2 Å². The van der Waals surface area contributed by atoms with Crippen LogP contribution in [0.5, 0.6) is 63.2 Å². The number of rotatable bonds is 30. The van der Waals surface area contributed by atoms with E-state index in [2.05, 4.69) is 148 Å². The fourth-order valence-electron chi connectivity index (χ4n) is 27.3. The van der Waals surface area contributed by atoms with Crippen LogP contribution in [-0.4, -0.2) is 99.6 Å². The SMILES string of the molecule is CCCCCc1cc(O)c2c(c1)OC(C)(C)C(CCC(C)=O)C2=O.CCCCCc1cc2c(c(O)c1C(=O)O)[C@@H]1[C@H]3[C@H](CC[C@@]3(C)O2)C1(C)C.CCCCCc1cc2c3c(c1)OC(C)(C)C1CCC(C)(CC31)O2.CCCCCc1cc2c3c(coc3c1)C(CCC(C)=O)C(C)(C)O2.CCCc1cc(O)c2c(c1)OC(C)(C)C(CCC(C)=O)C2=O.CCCc1cc(O)c2c(c1)O[C@]1(C)CC[C@H]3[C@@H]1[C@@H]2C3(C)C. The first-order valence-corrected chi connectivity index (χ1v) is 53.8. The molecule has 0 saturated heterocycles. The molecule has 0 spiro atoms. The van der Waals surface area contributed by atoms with Crippen LogP contribution >= 0.6 is 0 Å². The van der Waals surface area contributed by atoms with E-state index in [-0.39, 0.29) is 114 Å². The Morgan fingerprint density at radius 2 is 0.757 bits per heavy atom. The van der Waals surface area contributed by atoms with E-state index in [1.54, 1.807) is 19.1 Å². The van der Waals surface area contributed by atoms with Gasteiger partial charge in [-0.3, -0.25) is 9.59 Å². The fourth-order valence-corrected chi connectivity index (χ4v) is 27.3. The van der Waals surface area contributed by atoms with Gasteiger partial charge < -0.3 is 77.5 Å². The van der Waals surface area contributed by atoms with E-state index >= 15 is 0 Å². The highest BCUT2D eigenvalue weighted by atomic mass is 16.5. The number of furan rings is 1. The fraction of sp³-hybridized carbons (Fsp3) is 0.636. The number of benzene rings is 6. The smallest absolute Gasteiger partial charge is 0.339 e. The first-order chi connectivity index (χ1) is 66.0. The molecular weight excluding hydrogens is 1760 g/mol. The average Bonchev–Trinajstić information content (AvgIpc) is 1.42. The van der Waals surface area contributed by atoms with Gasteiger partial charge in [-0.05, 0) is 348 Å². The lowest BCUT2D eigenvalue weighted by molar-refractivity contribution is -0.121. The first-order valence-electron chi connectivity index (χ1n) is 53.8. The highest BCUT2D eigenvalue weighted by Gasteiger charge is 2.71. The van der Waals surface area contributed by atoms with E-state index in [1.165, 1.54) is 93.0 Å². The summed E-state index contributed by atoms with van der Waals surface area (Å²) in [5.74, 6) is 8.67. The van der Waals surface area contributed by atoms with E-state index in [9.17, 15) is 54.3 Å². The molecule has 5 N–H and O–H groups in total. The number of fused-ring (bicyclic) bond motifs is 7. The lowest BCUT2D eigenvalue weighted by Gasteiger charge is -2.62. The number of Topliss-reactive ketones (excluding diaryl/α,β-unsaturated/α-hetero) is 5. The molecule has 140 heavy (non-hydrogen) atoms. The monoisotopic (exact) mass is 1920 g/mol. The Bertz CT molecular complexity index is 5730. The zero-order valence-corrected chi connectivity index (χ0v) is 89.1. The van der Waals surface area contributed by atoms with Crippen LogP contribution in [0.4, 0.5) is 0 Å². The second-order valence-corrected chi connectivity index (χ2v) is 47.7. The van der Waals surface area contributed by atoms with Crippen LogP contribution in [0, 0.1) is 52.3 Å². The molecule has 6 unspecified atom stereocenters. The van der Waals surface area contributed by atoms with E-state index in [1.807, 2.05) is 58.2 Å². The van der Waals surface area contributed by atoms with Gasteiger partial charge in [-0.1, -0.05) is 133 Å². The normalized spacial score (nSPS) is 26.7. The highest BCUT2D eigenvalue weighted by Crippen LogP contribution is 2.76. The van der Waals surface area contributed by atoms with Gasteiger partial charge in [0.05, 0.1) is 23.5 Å². The van der Waals surface area contributed by atoms with Crippen molar-refractivity contribution in [2.75, 3.05) is 0 Å². The van der Waals surface area contributed by atoms with Gasteiger partial charge in [-0.15, -0.1) is 0 Å². The minimum Gasteiger partial charge on any atom is -0.508 e. The van der Waals surface area contributed by atoms with Crippen molar-refractivity contribution >= 4 is 45.9 Å². The summed E-state index contributed by atoms with van der Waals surface area (Å²) in [6.07, 6.45) is 34.4. The van der Waals surface area contributed by atoms with Gasteiger partial charge >= 0.3 is 5.97 Å². The summed E-state index contributed by atoms with van der Waals surface area (Å²) in [5, 5.41) is 53.1. The molecule has 1 aromatic heterocycles. The van der Waals surface area contributed by atoms with Crippen molar-refractivity contribution in [2.24, 2.45) is 52.3 Å².